The molecule has 0 unspecified atom stereocenters. The Bertz CT molecular complexity index is 849. The predicted molar refractivity (Wildman–Crippen MR) is 92.9 cm³/mol. The van der Waals surface area contributed by atoms with Gasteiger partial charge in [0.25, 0.3) is 5.69 Å². The van der Waals surface area contributed by atoms with Crippen LogP contribution in [0.3, 0.4) is 0 Å². The van der Waals surface area contributed by atoms with Crippen molar-refractivity contribution in [3.63, 3.8) is 0 Å². The van der Waals surface area contributed by atoms with Gasteiger partial charge in [0.1, 0.15) is 17.4 Å². The highest BCUT2D eigenvalue weighted by Crippen LogP contribution is 2.34. The van der Waals surface area contributed by atoms with E-state index in [9.17, 15) is 10.1 Å². The molecule has 0 spiro atoms. The normalized spacial score (nSPS) is 10.5. The van der Waals surface area contributed by atoms with Gasteiger partial charge >= 0.3 is 0 Å². The topological polar surface area (TPSA) is 91.3 Å². The second-order valence-corrected chi connectivity index (χ2v) is 5.99. The average Bonchev–Trinajstić information content (AvgIpc) is 3.09. The first kappa shape index (κ1) is 16.1. The Labute approximate surface area is 142 Å². The van der Waals surface area contributed by atoms with Gasteiger partial charge in [-0.1, -0.05) is 30.3 Å². The molecule has 2 aromatic carbocycles. The Kier molecular flexibility index (Phi) is 4.83. The van der Waals surface area contributed by atoms with Crippen molar-refractivity contribution in [1.29, 1.82) is 0 Å². The van der Waals surface area contributed by atoms with Crippen molar-refractivity contribution in [2.24, 2.45) is 5.73 Å². The first-order valence-corrected chi connectivity index (χ1v) is 8.15. The summed E-state index contributed by atoms with van der Waals surface area (Å²) in [6, 6.07) is 14.2. The number of non-ortho nitro benzene ring substituents is 1. The largest absolute Gasteiger partial charge is 0.488 e. The summed E-state index contributed by atoms with van der Waals surface area (Å²) in [6.45, 7) is 0.708. The third kappa shape index (κ3) is 3.58. The number of thiazole rings is 1. The third-order valence-electron chi connectivity index (χ3n) is 3.41. The molecule has 122 valence electrons. The van der Waals surface area contributed by atoms with Gasteiger partial charge in [0.05, 0.1) is 10.6 Å². The monoisotopic (exact) mass is 341 g/mol. The number of nitrogens with two attached hydrogens (primary N) is 1. The predicted octanol–water partition coefficient (Wildman–Crippen LogP) is 3.76. The van der Waals surface area contributed by atoms with E-state index in [0.717, 1.165) is 10.6 Å². The Balaban J connectivity index is 1.93. The van der Waals surface area contributed by atoms with Gasteiger partial charge in [0.15, 0.2) is 0 Å². The molecule has 3 aromatic rings. The lowest BCUT2D eigenvalue weighted by Crippen LogP contribution is -1.99. The Morgan fingerprint density at radius 1 is 1.21 bits per heavy atom. The Hall–Kier alpha value is -2.77. The van der Waals surface area contributed by atoms with Crippen LogP contribution in [-0.4, -0.2) is 9.91 Å². The number of hydrogen-bond acceptors (Lipinski definition) is 6. The van der Waals surface area contributed by atoms with E-state index in [1.807, 2.05) is 35.7 Å². The van der Waals surface area contributed by atoms with Crippen LogP contribution in [0.25, 0.3) is 11.3 Å². The van der Waals surface area contributed by atoms with Crippen molar-refractivity contribution < 1.29 is 9.66 Å². The number of rotatable bonds is 6. The van der Waals surface area contributed by atoms with Crippen LogP contribution < -0.4 is 10.5 Å². The average molecular weight is 341 g/mol. The fourth-order valence-corrected chi connectivity index (χ4v) is 2.90. The maximum atomic E-state index is 11.1. The standard InChI is InChI=1S/C17H15N3O3S/c18-9-17-19-15(11-24-17)14-8-13(20(21)22)6-7-16(14)23-10-12-4-2-1-3-5-12/h1-8,11H,9-10,18H2. The van der Waals surface area contributed by atoms with E-state index in [-0.39, 0.29) is 5.69 Å². The van der Waals surface area contributed by atoms with E-state index in [1.165, 1.54) is 23.5 Å². The summed E-state index contributed by atoms with van der Waals surface area (Å²) in [5.74, 6) is 0.554. The van der Waals surface area contributed by atoms with Crippen LogP contribution in [0, 0.1) is 10.1 Å². The number of nitro groups is 1. The van der Waals surface area contributed by atoms with Crippen LogP contribution in [-0.2, 0) is 13.2 Å². The second kappa shape index (κ2) is 7.20. The summed E-state index contributed by atoms with van der Waals surface area (Å²) < 4.78 is 5.87. The van der Waals surface area contributed by atoms with Crippen LogP contribution in [0.5, 0.6) is 5.75 Å². The van der Waals surface area contributed by atoms with Crippen LogP contribution in [0.15, 0.2) is 53.9 Å². The summed E-state index contributed by atoms with van der Waals surface area (Å²) in [5.41, 5.74) is 7.84. The van der Waals surface area contributed by atoms with Crippen LogP contribution in [0.2, 0.25) is 0 Å². The Morgan fingerprint density at radius 3 is 2.67 bits per heavy atom. The van der Waals surface area contributed by atoms with Crippen molar-refractivity contribution in [2.75, 3.05) is 0 Å². The third-order valence-corrected chi connectivity index (χ3v) is 4.28. The molecule has 0 amide bonds. The molecule has 0 aliphatic carbocycles. The van der Waals surface area contributed by atoms with Crippen molar-refractivity contribution >= 4 is 17.0 Å². The number of ether oxygens (including phenoxy) is 1. The van der Waals surface area contributed by atoms with Crippen molar-refractivity contribution in [3.05, 3.63) is 74.6 Å². The molecule has 0 aliphatic rings. The molecule has 1 heterocycles. The number of nitro benzene ring substituents is 1. The van der Waals surface area contributed by atoms with Crippen LogP contribution >= 0.6 is 11.3 Å². The molecule has 1 aromatic heterocycles. The van der Waals surface area contributed by atoms with Gasteiger partial charge in [-0.05, 0) is 11.6 Å². The van der Waals surface area contributed by atoms with Gasteiger partial charge in [-0.15, -0.1) is 11.3 Å². The van der Waals surface area contributed by atoms with E-state index in [0.29, 0.717) is 30.2 Å². The molecule has 3 rings (SSSR count). The first-order valence-electron chi connectivity index (χ1n) is 7.27. The van der Waals surface area contributed by atoms with Crippen molar-refractivity contribution in [1.82, 2.24) is 4.98 Å². The summed E-state index contributed by atoms with van der Waals surface area (Å²) in [6.07, 6.45) is 0. The first-order chi connectivity index (χ1) is 11.7. The molecule has 7 heteroatoms. The van der Waals surface area contributed by atoms with Crippen LogP contribution in [0.4, 0.5) is 5.69 Å². The molecule has 0 atom stereocenters. The zero-order valence-electron chi connectivity index (χ0n) is 12.7. The van der Waals surface area contributed by atoms with Gasteiger partial charge in [-0.3, -0.25) is 10.1 Å². The minimum Gasteiger partial charge on any atom is -0.488 e. The second-order valence-electron chi connectivity index (χ2n) is 5.04. The molecule has 0 bridgehead atoms. The summed E-state index contributed by atoms with van der Waals surface area (Å²) in [4.78, 5) is 15.0. The van der Waals surface area contributed by atoms with E-state index in [4.69, 9.17) is 10.5 Å². The highest BCUT2D eigenvalue weighted by molar-refractivity contribution is 7.09. The quantitative estimate of drug-likeness (QED) is 0.544. The summed E-state index contributed by atoms with van der Waals surface area (Å²) in [5, 5.41) is 13.7. The molecule has 0 radical (unpaired) electrons. The van der Waals surface area contributed by atoms with Gasteiger partial charge in [-0.25, -0.2) is 4.98 Å². The summed E-state index contributed by atoms with van der Waals surface area (Å²) >= 11 is 1.42. The molecule has 0 aliphatic heterocycles. The van der Waals surface area contributed by atoms with E-state index >= 15 is 0 Å². The Morgan fingerprint density at radius 2 is 2.00 bits per heavy atom. The number of benzene rings is 2. The smallest absolute Gasteiger partial charge is 0.270 e. The molecular formula is C17H15N3O3S. The minimum atomic E-state index is -0.430. The van der Waals surface area contributed by atoms with Crippen molar-refractivity contribution in [3.8, 4) is 17.0 Å². The van der Waals surface area contributed by atoms with E-state index < -0.39 is 4.92 Å². The van der Waals surface area contributed by atoms with E-state index in [2.05, 4.69) is 4.98 Å². The van der Waals surface area contributed by atoms with Gasteiger partial charge in [-0.2, -0.15) is 0 Å². The minimum absolute atomic E-state index is 0.000593. The number of aromatic nitrogens is 1. The molecule has 2 N–H and O–H groups in total. The zero-order valence-corrected chi connectivity index (χ0v) is 13.5. The molecule has 0 saturated carbocycles. The fourth-order valence-electron chi connectivity index (χ4n) is 2.22. The fraction of sp³-hybridized carbons (Fsp3) is 0.118. The number of nitrogens with zero attached hydrogens (tertiary/aromatic N) is 2. The summed E-state index contributed by atoms with van der Waals surface area (Å²) in [7, 11) is 0. The maximum Gasteiger partial charge on any atom is 0.270 e. The molecule has 24 heavy (non-hydrogen) atoms. The highest BCUT2D eigenvalue weighted by atomic mass is 32.1. The van der Waals surface area contributed by atoms with Gasteiger partial charge in [0, 0.05) is 29.6 Å². The molecule has 6 nitrogen and oxygen atoms in total. The molecule has 0 fully saturated rings. The lowest BCUT2D eigenvalue weighted by Gasteiger charge is -2.10. The maximum absolute atomic E-state index is 11.1. The lowest BCUT2D eigenvalue weighted by atomic mass is 10.1. The van der Waals surface area contributed by atoms with Gasteiger partial charge < -0.3 is 10.5 Å². The lowest BCUT2D eigenvalue weighted by molar-refractivity contribution is -0.384. The molecule has 0 saturated heterocycles. The van der Waals surface area contributed by atoms with E-state index in [1.54, 1.807) is 6.07 Å². The highest BCUT2D eigenvalue weighted by Gasteiger charge is 2.16. The zero-order chi connectivity index (χ0) is 16.9. The SMILES string of the molecule is NCc1nc(-c2cc([N+](=O)[O-])ccc2OCc2ccccc2)cs1. The number of hydrogen-bond donors (Lipinski definition) is 1. The van der Waals surface area contributed by atoms with Crippen molar-refractivity contribution in [2.45, 2.75) is 13.2 Å². The van der Waals surface area contributed by atoms with Gasteiger partial charge in [0.2, 0.25) is 0 Å². The van der Waals surface area contributed by atoms with Crippen LogP contribution in [0.1, 0.15) is 10.6 Å². The molecular weight excluding hydrogens is 326 g/mol.